The summed E-state index contributed by atoms with van der Waals surface area (Å²) >= 11 is 2.25. The molecule has 0 unspecified atom stereocenters. The molecule has 0 bridgehead atoms. The van der Waals surface area contributed by atoms with Crippen LogP contribution in [-0.2, 0) is 9.59 Å². The molecule has 6 nitrogen and oxygen atoms in total. The lowest BCUT2D eigenvalue weighted by atomic mass is 10.1. The molecule has 7 heteroatoms. The number of aryl methyl sites for hydroxylation is 1. The number of carbonyl (C=O) groups is 3. The zero-order valence-corrected chi connectivity index (χ0v) is 17.1. The van der Waals surface area contributed by atoms with Crippen LogP contribution in [-0.4, -0.2) is 46.3 Å². The molecule has 1 fully saturated rings. The fourth-order valence-corrected chi connectivity index (χ4v) is 3.41. The molecule has 0 radical (unpaired) electrons. The Kier molecular flexibility index (Phi) is 4.74. The van der Waals surface area contributed by atoms with Crippen molar-refractivity contribution in [3.05, 3.63) is 56.4 Å². The van der Waals surface area contributed by atoms with Gasteiger partial charge in [0.2, 0.25) is 0 Å². The number of carbonyl (C=O) groups excluding carboxylic acids is 3. The molecule has 1 aliphatic rings. The van der Waals surface area contributed by atoms with Gasteiger partial charge in [-0.3, -0.25) is 19.4 Å². The maximum atomic E-state index is 12.4. The van der Waals surface area contributed by atoms with Gasteiger partial charge in [0.25, 0.3) is 11.8 Å². The van der Waals surface area contributed by atoms with E-state index in [0.717, 1.165) is 36.0 Å². The van der Waals surface area contributed by atoms with Gasteiger partial charge in [0.1, 0.15) is 5.57 Å². The highest BCUT2D eigenvalue weighted by Crippen LogP contribution is 2.25. The van der Waals surface area contributed by atoms with Gasteiger partial charge in [-0.05, 0) is 78.4 Å². The Morgan fingerprint density at radius 2 is 1.46 bits per heavy atom. The van der Waals surface area contributed by atoms with Gasteiger partial charge >= 0.3 is 6.03 Å². The van der Waals surface area contributed by atoms with E-state index < -0.39 is 17.8 Å². The van der Waals surface area contributed by atoms with Gasteiger partial charge in [0, 0.05) is 34.7 Å². The second-order valence-electron chi connectivity index (χ2n) is 6.21. The third kappa shape index (κ3) is 2.96. The van der Waals surface area contributed by atoms with E-state index >= 15 is 0 Å². The van der Waals surface area contributed by atoms with Crippen LogP contribution in [0, 0.1) is 17.4 Å². The molecular formula is C19H18IN3O3. The first-order valence-corrected chi connectivity index (χ1v) is 9.07. The summed E-state index contributed by atoms with van der Waals surface area (Å²) in [6, 6.07) is 9.40. The van der Waals surface area contributed by atoms with Gasteiger partial charge in [-0.1, -0.05) is 0 Å². The molecule has 0 saturated carbocycles. The third-order valence-corrected chi connectivity index (χ3v) is 5.22. The number of rotatable bonds is 2. The van der Waals surface area contributed by atoms with Crippen LogP contribution in [0.1, 0.15) is 17.0 Å². The Balaban J connectivity index is 2.08. The molecule has 2 heterocycles. The normalized spacial score (nSPS) is 15.1. The molecule has 4 amide bonds. The van der Waals surface area contributed by atoms with Crippen molar-refractivity contribution in [1.82, 2.24) is 14.4 Å². The van der Waals surface area contributed by atoms with Gasteiger partial charge in [0.05, 0.1) is 0 Å². The summed E-state index contributed by atoms with van der Waals surface area (Å²) in [5.74, 6) is -1.17. The first-order valence-electron chi connectivity index (χ1n) is 7.99. The van der Waals surface area contributed by atoms with Crippen molar-refractivity contribution < 1.29 is 14.4 Å². The Hall–Kier alpha value is -2.42. The molecule has 3 rings (SSSR count). The van der Waals surface area contributed by atoms with E-state index in [9.17, 15) is 14.4 Å². The standard InChI is InChI=1S/C19H18IN3O3/c1-11-9-13(12(2)23(11)15-7-5-14(20)6-8-15)10-16-17(24)21(3)19(26)22(4)18(16)25/h5-10H,1-4H3. The highest BCUT2D eigenvalue weighted by atomic mass is 127. The number of nitrogens with zero attached hydrogens (tertiary/aromatic N) is 3. The molecule has 134 valence electrons. The van der Waals surface area contributed by atoms with Gasteiger partial charge in [0.15, 0.2) is 0 Å². The number of hydrogen-bond donors (Lipinski definition) is 0. The van der Waals surface area contributed by atoms with Crippen LogP contribution in [0.4, 0.5) is 4.79 Å². The van der Waals surface area contributed by atoms with E-state index in [1.807, 2.05) is 44.2 Å². The number of hydrogen-bond acceptors (Lipinski definition) is 3. The van der Waals surface area contributed by atoms with Crippen molar-refractivity contribution in [3.8, 4) is 5.69 Å². The summed E-state index contributed by atoms with van der Waals surface area (Å²) in [4.78, 5) is 38.5. The van der Waals surface area contributed by atoms with Crippen molar-refractivity contribution in [2.24, 2.45) is 0 Å². The first kappa shape index (κ1) is 18.4. The molecule has 1 aromatic carbocycles. The average Bonchev–Trinajstić information content (AvgIpc) is 2.90. The number of aromatic nitrogens is 1. The first-order chi connectivity index (χ1) is 12.2. The molecule has 1 saturated heterocycles. The van der Waals surface area contributed by atoms with Crippen LogP contribution >= 0.6 is 22.6 Å². The molecule has 1 aliphatic heterocycles. The van der Waals surface area contributed by atoms with Gasteiger partial charge < -0.3 is 4.57 Å². The molecule has 1 aromatic heterocycles. The summed E-state index contributed by atoms with van der Waals surface area (Å²) in [7, 11) is 2.74. The van der Waals surface area contributed by atoms with E-state index in [4.69, 9.17) is 0 Å². The molecule has 0 atom stereocenters. The summed E-state index contributed by atoms with van der Waals surface area (Å²) in [6.45, 7) is 3.91. The smallest absolute Gasteiger partial charge is 0.318 e. The van der Waals surface area contributed by atoms with Crippen LogP contribution < -0.4 is 0 Å². The molecular weight excluding hydrogens is 445 g/mol. The minimum atomic E-state index is -0.624. The number of halogens is 1. The molecule has 0 N–H and O–H groups in total. The van der Waals surface area contributed by atoms with Crippen molar-refractivity contribution in [2.45, 2.75) is 13.8 Å². The lowest BCUT2D eigenvalue weighted by Crippen LogP contribution is -2.52. The van der Waals surface area contributed by atoms with E-state index in [1.165, 1.54) is 14.1 Å². The Morgan fingerprint density at radius 3 is 2.00 bits per heavy atom. The van der Waals surface area contributed by atoms with Crippen LogP contribution in [0.5, 0.6) is 0 Å². The van der Waals surface area contributed by atoms with E-state index in [1.54, 1.807) is 6.08 Å². The van der Waals surface area contributed by atoms with Crippen LogP contribution in [0.15, 0.2) is 35.9 Å². The quantitative estimate of drug-likeness (QED) is 0.391. The van der Waals surface area contributed by atoms with E-state index in [0.29, 0.717) is 0 Å². The largest absolute Gasteiger partial charge is 0.333 e. The lowest BCUT2D eigenvalue weighted by molar-refractivity contribution is -0.134. The molecule has 2 aromatic rings. The van der Waals surface area contributed by atoms with Crippen LogP contribution in [0.2, 0.25) is 0 Å². The highest BCUT2D eigenvalue weighted by molar-refractivity contribution is 14.1. The second kappa shape index (κ2) is 6.71. The summed E-state index contributed by atoms with van der Waals surface area (Å²) in [5, 5.41) is 0. The monoisotopic (exact) mass is 463 g/mol. The Labute approximate surface area is 165 Å². The predicted octanol–water partition coefficient (Wildman–Crippen LogP) is 3.13. The molecule has 26 heavy (non-hydrogen) atoms. The van der Waals surface area contributed by atoms with Crippen molar-refractivity contribution in [2.75, 3.05) is 14.1 Å². The lowest BCUT2D eigenvalue weighted by Gasteiger charge is -2.28. The van der Waals surface area contributed by atoms with Crippen molar-refractivity contribution in [3.63, 3.8) is 0 Å². The van der Waals surface area contributed by atoms with Crippen LogP contribution in [0.3, 0.4) is 0 Å². The zero-order valence-electron chi connectivity index (χ0n) is 14.9. The summed E-state index contributed by atoms with van der Waals surface area (Å²) in [5.41, 5.74) is 3.67. The Bertz CT molecular complexity index is 931. The number of urea groups is 1. The topological polar surface area (TPSA) is 62.6 Å². The predicted molar refractivity (Wildman–Crippen MR) is 107 cm³/mol. The number of benzene rings is 1. The molecule has 0 aliphatic carbocycles. The van der Waals surface area contributed by atoms with E-state index in [2.05, 4.69) is 27.2 Å². The minimum Gasteiger partial charge on any atom is -0.318 e. The van der Waals surface area contributed by atoms with Gasteiger partial charge in [-0.15, -0.1) is 0 Å². The van der Waals surface area contributed by atoms with E-state index in [-0.39, 0.29) is 5.57 Å². The third-order valence-electron chi connectivity index (χ3n) is 4.50. The van der Waals surface area contributed by atoms with Crippen LogP contribution in [0.25, 0.3) is 11.8 Å². The van der Waals surface area contributed by atoms with Crippen molar-refractivity contribution >= 4 is 46.5 Å². The number of barbiturate groups is 1. The second-order valence-corrected chi connectivity index (χ2v) is 7.45. The average molecular weight is 463 g/mol. The summed E-state index contributed by atoms with van der Waals surface area (Å²) in [6.07, 6.45) is 1.57. The van der Waals surface area contributed by atoms with Gasteiger partial charge in [-0.2, -0.15) is 0 Å². The Morgan fingerprint density at radius 1 is 0.923 bits per heavy atom. The number of amides is 4. The number of likely N-dealkylation sites (N-methyl/N-ethyl adjacent to an activating group) is 2. The van der Waals surface area contributed by atoms with Gasteiger partial charge in [-0.25, -0.2) is 4.79 Å². The fraction of sp³-hybridized carbons (Fsp3) is 0.211. The fourth-order valence-electron chi connectivity index (χ4n) is 3.05. The zero-order chi connectivity index (χ0) is 19.2. The summed E-state index contributed by atoms with van der Waals surface area (Å²) < 4.78 is 3.21. The SMILES string of the molecule is Cc1cc(C=C2C(=O)N(C)C(=O)N(C)C2=O)c(C)n1-c1ccc(I)cc1. The maximum absolute atomic E-state index is 12.4. The molecule has 0 spiro atoms. The minimum absolute atomic E-state index is 0.0162. The maximum Gasteiger partial charge on any atom is 0.333 e. The number of imide groups is 2. The highest BCUT2D eigenvalue weighted by Gasteiger charge is 2.37. The van der Waals surface area contributed by atoms with Crippen molar-refractivity contribution in [1.29, 1.82) is 0 Å².